The number of methoxy groups -OCH3 is 1. The quantitative estimate of drug-likeness (QED) is 0.0820. The molecular formula is C27H60FN5O4S4. The van der Waals surface area contributed by atoms with E-state index in [0.29, 0.717) is 24.7 Å². The van der Waals surface area contributed by atoms with Gasteiger partial charge in [0, 0.05) is 19.0 Å². The maximum absolute atomic E-state index is 18.4. The summed E-state index contributed by atoms with van der Waals surface area (Å²) in [6, 6.07) is 0. The molecule has 0 aromatic carbocycles. The van der Waals surface area contributed by atoms with Crippen LogP contribution in [0.2, 0.25) is 0 Å². The Morgan fingerprint density at radius 3 is 2.05 bits per heavy atom. The highest BCUT2D eigenvalue weighted by atomic mass is 32.3. The van der Waals surface area contributed by atoms with Crippen LogP contribution in [0, 0.1) is 0 Å². The highest BCUT2D eigenvalue weighted by Crippen LogP contribution is 2.59. The molecule has 14 heteroatoms. The molecule has 0 aliphatic carbocycles. The Hall–Kier alpha value is 0.970. The summed E-state index contributed by atoms with van der Waals surface area (Å²) in [5.74, 6) is -1.81. The van der Waals surface area contributed by atoms with Gasteiger partial charge in [0.2, 0.25) is 6.41 Å². The van der Waals surface area contributed by atoms with Crippen LogP contribution in [0.5, 0.6) is 0 Å². The number of nitrogens with zero attached hydrogens (tertiary/aromatic N) is 2. The Morgan fingerprint density at radius 2 is 1.66 bits per heavy atom. The van der Waals surface area contributed by atoms with E-state index in [2.05, 4.69) is 24.5 Å². The van der Waals surface area contributed by atoms with E-state index in [0.717, 1.165) is 17.9 Å². The van der Waals surface area contributed by atoms with Crippen molar-refractivity contribution in [1.29, 1.82) is 0 Å². The minimum atomic E-state index is -1.89. The first kappa shape index (κ1) is 42.0. The first-order valence-corrected chi connectivity index (χ1v) is 18.7. The van der Waals surface area contributed by atoms with E-state index >= 15 is 4.48 Å². The molecule has 0 amide bonds. The molecule has 0 saturated carbocycles. The smallest absolute Gasteiger partial charge is 0.294 e. The summed E-state index contributed by atoms with van der Waals surface area (Å²) in [6.07, 6.45) is 2.36. The van der Waals surface area contributed by atoms with Gasteiger partial charge in [0.1, 0.15) is 0 Å². The fraction of sp³-hybridized carbons (Fsp3) is 1.00. The third-order valence-corrected chi connectivity index (χ3v) is 12.7. The lowest BCUT2D eigenvalue weighted by atomic mass is 10.2. The molecule has 0 aromatic heterocycles. The molecule has 248 valence electrons. The largest absolute Gasteiger partial charge is 0.343 e. The molecule has 0 heterocycles. The van der Waals surface area contributed by atoms with Crippen molar-refractivity contribution in [3.8, 4) is 0 Å². The number of halogens is 1. The van der Waals surface area contributed by atoms with E-state index < -0.39 is 26.5 Å². The van der Waals surface area contributed by atoms with E-state index in [1.54, 1.807) is 49.6 Å². The van der Waals surface area contributed by atoms with E-state index in [4.69, 9.17) is 24.7 Å². The van der Waals surface area contributed by atoms with Crippen molar-refractivity contribution in [3.63, 3.8) is 0 Å². The van der Waals surface area contributed by atoms with Crippen LogP contribution >= 0.6 is 47.0 Å². The van der Waals surface area contributed by atoms with Gasteiger partial charge in [0.15, 0.2) is 14.2 Å². The molecule has 0 aliphatic heterocycles. The molecule has 9 nitrogen and oxygen atoms in total. The fourth-order valence-electron chi connectivity index (χ4n) is 4.57. The molecule has 0 rings (SSSR count). The average Bonchev–Trinajstić information content (AvgIpc) is 2.93. The number of hydrogen-bond acceptors (Lipinski definition) is 13. The average molecular weight is 666 g/mol. The van der Waals surface area contributed by atoms with E-state index in [9.17, 15) is 0 Å². The number of ether oxygens (including phenoxy) is 4. The van der Waals surface area contributed by atoms with Crippen LogP contribution < -0.4 is 16.4 Å². The monoisotopic (exact) mass is 665 g/mol. The predicted octanol–water partition coefficient (Wildman–Crippen LogP) is 5.73. The Morgan fingerprint density at radius 1 is 1.02 bits per heavy atom. The first-order chi connectivity index (χ1) is 19.3. The highest BCUT2D eigenvalue weighted by molar-refractivity contribution is 8.33. The van der Waals surface area contributed by atoms with Crippen LogP contribution in [0.25, 0.3) is 0 Å². The van der Waals surface area contributed by atoms with Crippen LogP contribution in [-0.4, -0.2) is 107 Å². The summed E-state index contributed by atoms with van der Waals surface area (Å²) in [5, 5.41) is 7.36. The second-order valence-corrected chi connectivity index (χ2v) is 16.3. The minimum absolute atomic E-state index is 0.0835. The number of likely N-dealkylation sites (N-methyl/N-ethyl adjacent to an activating group) is 3. The van der Waals surface area contributed by atoms with Gasteiger partial charge < -0.3 is 18.9 Å². The normalized spacial score (nSPS) is 19.4. The number of nitrogens with two attached hydrogens (primary N) is 1. The molecule has 0 radical (unpaired) electrons. The topological polar surface area (TPSA) is 93.5 Å². The Balaban J connectivity index is 7.94. The van der Waals surface area contributed by atoms with Crippen molar-refractivity contribution in [3.05, 3.63) is 0 Å². The van der Waals surface area contributed by atoms with Crippen LogP contribution in [0.15, 0.2) is 0 Å². The lowest BCUT2D eigenvalue weighted by Crippen LogP contribution is -2.87. The van der Waals surface area contributed by atoms with Gasteiger partial charge in [0.25, 0.3) is 5.91 Å². The van der Waals surface area contributed by atoms with Gasteiger partial charge in [-0.2, -0.15) is 0 Å². The minimum Gasteiger partial charge on any atom is -0.343 e. The van der Waals surface area contributed by atoms with E-state index in [1.165, 1.54) is 23.5 Å². The Kier molecular flexibility index (Phi) is 20.6. The first-order valence-electron chi connectivity index (χ1n) is 14.7. The second kappa shape index (κ2) is 20.2. The SMILES string of the molecule is CCCOC(OC(C)C)(N(F)C(N)(SC(C)C)C(NC)(NCC)N(C)C(OC)OCC)C(SC)(SCC)SCCC. The van der Waals surface area contributed by atoms with Crippen molar-refractivity contribution < 1.29 is 23.4 Å². The van der Waals surface area contributed by atoms with Gasteiger partial charge in [-0.25, -0.2) is 4.90 Å². The number of hydrogen-bond donors (Lipinski definition) is 3. The molecule has 0 bridgehead atoms. The third kappa shape index (κ3) is 9.73. The summed E-state index contributed by atoms with van der Waals surface area (Å²) < 4.78 is 42.5. The lowest BCUT2D eigenvalue weighted by molar-refractivity contribution is -0.400. The zero-order valence-electron chi connectivity index (χ0n) is 27.8. The van der Waals surface area contributed by atoms with Crippen LogP contribution in [0.1, 0.15) is 75.2 Å². The van der Waals surface area contributed by atoms with Gasteiger partial charge >= 0.3 is 0 Å². The van der Waals surface area contributed by atoms with Crippen molar-refractivity contribution in [1.82, 2.24) is 20.7 Å². The van der Waals surface area contributed by atoms with Gasteiger partial charge in [-0.3, -0.25) is 16.4 Å². The zero-order chi connectivity index (χ0) is 31.9. The van der Waals surface area contributed by atoms with Gasteiger partial charge in [-0.15, -0.1) is 51.5 Å². The summed E-state index contributed by atoms with van der Waals surface area (Å²) >= 11 is 6.06. The Bertz CT molecular complexity index is 710. The van der Waals surface area contributed by atoms with Crippen molar-refractivity contribution >= 4 is 47.0 Å². The molecule has 41 heavy (non-hydrogen) atoms. The predicted molar refractivity (Wildman–Crippen MR) is 181 cm³/mol. The number of thioether (sulfide) groups is 4. The van der Waals surface area contributed by atoms with Crippen molar-refractivity contribution in [2.24, 2.45) is 5.73 Å². The molecular weight excluding hydrogens is 606 g/mol. The fourth-order valence-corrected chi connectivity index (χ4v) is 10.5. The van der Waals surface area contributed by atoms with Gasteiger partial charge in [0.05, 0.1) is 12.7 Å². The molecule has 5 atom stereocenters. The van der Waals surface area contributed by atoms with E-state index in [-0.39, 0.29) is 18.0 Å². The van der Waals surface area contributed by atoms with Crippen LogP contribution in [0.3, 0.4) is 0 Å². The van der Waals surface area contributed by atoms with Gasteiger partial charge in [-0.05, 0) is 72.0 Å². The summed E-state index contributed by atoms with van der Waals surface area (Å²) in [6.45, 7) is 18.9. The molecule has 0 fully saturated rings. The number of rotatable bonds is 25. The molecule has 4 N–H and O–H groups in total. The van der Waals surface area contributed by atoms with Crippen LogP contribution in [-0.2, 0) is 18.9 Å². The van der Waals surface area contributed by atoms with Crippen molar-refractivity contribution in [2.75, 3.05) is 58.7 Å². The van der Waals surface area contributed by atoms with Crippen LogP contribution in [0.4, 0.5) is 4.48 Å². The number of nitrogens with one attached hydrogen (secondary N) is 2. The van der Waals surface area contributed by atoms with Gasteiger partial charge in [-0.1, -0.05) is 46.7 Å². The maximum atomic E-state index is 18.4. The Labute approximate surface area is 267 Å². The molecule has 0 saturated heterocycles. The zero-order valence-corrected chi connectivity index (χ0v) is 31.1. The third-order valence-electron chi connectivity index (χ3n) is 6.02. The second-order valence-electron chi connectivity index (χ2n) is 9.88. The highest BCUT2D eigenvalue weighted by Gasteiger charge is 2.70. The molecule has 5 unspecified atom stereocenters. The lowest BCUT2D eigenvalue weighted by Gasteiger charge is -2.60. The molecule has 0 spiro atoms. The standard InChI is InChI=1S/C27H60FN5O4S4/c1-14-19-36-26(37-21(6)7,27(38-13,39-18-5)40-20-15-2)33(28)24(29,41-22(8)9)25(30-10,31-16-3)32(11)23(34-12)35-17-4/h21-23,30-31H,14-20,29H2,1-13H3. The van der Waals surface area contributed by atoms with E-state index in [1.807, 2.05) is 54.7 Å². The molecule has 0 aliphatic rings. The maximum Gasteiger partial charge on any atom is 0.294 e. The van der Waals surface area contributed by atoms with Crippen molar-refractivity contribution in [2.45, 2.75) is 113 Å². The summed E-state index contributed by atoms with van der Waals surface area (Å²) in [5.41, 5.74) is 7.47. The molecule has 0 aromatic rings. The summed E-state index contributed by atoms with van der Waals surface area (Å²) in [7, 11) is 5.10. The summed E-state index contributed by atoms with van der Waals surface area (Å²) in [4.78, 5) is -0.0892.